The van der Waals surface area contributed by atoms with Gasteiger partial charge in [-0.1, -0.05) is 18.2 Å². The molecule has 0 fully saturated rings. The monoisotopic (exact) mass is 264 g/mol. The van der Waals surface area contributed by atoms with Gasteiger partial charge in [0.15, 0.2) is 0 Å². The molecule has 2 aromatic rings. The summed E-state index contributed by atoms with van der Waals surface area (Å²) in [5.41, 5.74) is 3.80. The molecule has 20 heavy (non-hydrogen) atoms. The predicted molar refractivity (Wildman–Crippen MR) is 79.5 cm³/mol. The van der Waals surface area contributed by atoms with Crippen molar-refractivity contribution in [2.24, 2.45) is 0 Å². The highest BCUT2D eigenvalue weighted by molar-refractivity contribution is 5.74. The van der Waals surface area contributed by atoms with E-state index < -0.39 is 0 Å². The molecule has 1 aliphatic rings. The first-order valence-electron chi connectivity index (χ1n) is 6.80. The van der Waals surface area contributed by atoms with Crippen molar-refractivity contribution in [2.45, 2.75) is 13.3 Å². The molecule has 0 aliphatic carbocycles. The number of anilines is 2. The average molecular weight is 264 g/mol. The van der Waals surface area contributed by atoms with E-state index in [0.717, 1.165) is 35.7 Å². The van der Waals surface area contributed by atoms with Crippen molar-refractivity contribution in [3.8, 4) is 11.8 Å². The summed E-state index contributed by atoms with van der Waals surface area (Å²) in [6.07, 6.45) is 0.938. The van der Waals surface area contributed by atoms with Crippen LogP contribution in [0.1, 0.15) is 17.5 Å². The maximum Gasteiger partial charge on any atom is 0.142 e. The second-order valence-corrected chi connectivity index (χ2v) is 4.95. The van der Waals surface area contributed by atoms with Crippen molar-refractivity contribution in [3.05, 3.63) is 53.6 Å². The van der Waals surface area contributed by atoms with Gasteiger partial charge in [-0.25, -0.2) is 0 Å². The summed E-state index contributed by atoms with van der Waals surface area (Å²) in [7, 11) is 0. The van der Waals surface area contributed by atoms with Crippen molar-refractivity contribution >= 4 is 11.4 Å². The van der Waals surface area contributed by atoms with Gasteiger partial charge in [0, 0.05) is 6.54 Å². The number of para-hydroxylation sites is 2. The van der Waals surface area contributed by atoms with Crippen LogP contribution in [0.2, 0.25) is 0 Å². The van der Waals surface area contributed by atoms with E-state index in [1.165, 1.54) is 0 Å². The molecule has 100 valence electrons. The van der Waals surface area contributed by atoms with Gasteiger partial charge in [0.25, 0.3) is 0 Å². The number of nitrogens with zero attached hydrogens (tertiary/aromatic N) is 2. The summed E-state index contributed by atoms with van der Waals surface area (Å²) >= 11 is 0. The van der Waals surface area contributed by atoms with Crippen molar-refractivity contribution in [3.63, 3.8) is 0 Å². The Morgan fingerprint density at radius 2 is 2.00 bits per heavy atom. The first-order valence-corrected chi connectivity index (χ1v) is 6.80. The van der Waals surface area contributed by atoms with E-state index in [0.29, 0.717) is 12.2 Å². The third-order valence-corrected chi connectivity index (χ3v) is 3.50. The van der Waals surface area contributed by atoms with Gasteiger partial charge in [0.05, 0.1) is 23.5 Å². The molecule has 0 saturated carbocycles. The van der Waals surface area contributed by atoms with Crippen LogP contribution in [0.5, 0.6) is 5.75 Å². The first-order chi connectivity index (χ1) is 9.79. The maximum absolute atomic E-state index is 9.38. The van der Waals surface area contributed by atoms with Gasteiger partial charge in [0.1, 0.15) is 11.8 Å². The molecule has 0 spiro atoms. The zero-order valence-corrected chi connectivity index (χ0v) is 11.5. The highest BCUT2D eigenvalue weighted by Gasteiger charge is 2.19. The Morgan fingerprint density at radius 3 is 2.85 bits per heavy atom. The normalized spacial score (nSPS) is 13.9. The number of nitriles is 1. The summed E-state index contributed by atoms with van der Waals surface area (Å²) in [5, 5.41) is 9.38. The third-order valence-electron chi connectivity index (χ3n) is 3.50. The highest BCUT2D eigenvalue weighted by Crippen LogP contribution is 2.37. The summed E-state index contributed by atoms with van der Waals surface area (Å²) in [5.74, 6) is 0.884. The van der Waals surface area contributed by atoms with E-state index in [1.807, 2.05) is 49.4 Å². The zero-order chi connectivity index (χ0) is 13.9. The summed E-state index contributed by atoms with van der Waals surface area (Å²) in [6.45, 7) is 3.57. The van der Waals surface area contributed by atoms with Crippen molar-refractivity contribution in [1.82, 2.24) is 0 Å². The molecule has 3 heteroatoms. The molecule has 1 aliphatic heterocycles. The van der Waals surface area contributed by atoms with Gasteiger partial charge in [-0.3, -0.25) is 0 Å². The number of ether oxygens (including phenoxy) is 1. The Morgan fingerprint density at radius 1 is 1.15 bits per heavy atom. The SMILES string of the molecule is Cc1ccc(N2CCCOc3ccccc32)c(C#N)c1. The Kier molecular flexibility index (Phi) is 3.30. The molecule has 0 saturated heterocycles. The van der Waals surface area contributed by atoms with Crippen LogP contribution in [0.25, 0.3) is 0 Å². The van der Waals surface area contributed by atoms with Crippen LogP contribution in [0, 0.1) is 18.3 Å². The number of fused-ring (bicyclic) bond motifs is 1. The molecule has 0 atom stereocenters. The van der Waals surface area contributed by atoms with Crippen molar-refractivity contribution in [1.29, 1.82) is 5.26 Å². The summed E-state index contributed by atoms with van der Waals surface area (Å²) in [4.78, 5) is 2.18. The molecule has 3 rings (SSSR count). The largest absolute Gasteiger partial charge is 0.491 e. The van der Waals surface area contributed by atoms with Crippen LogP contribution in [-0.2, 0) is 0 Å². The predicted octanol–water partition coefficient (Wildman–Crippen LogP) is 3.79. The Hall–Kier alpha value is -2.47. The molecule has 0 radical (unpaired) electrons. The van der Waals surface area contributed by atoms with E-state index >= 15 is 0 Å². The number of hydrogen-bond donors (Lipinski definition) is 0. The van der Waals surface area contributed by atoms with Crippen LogP contribution >= 0.6 is 0 Å². The smallest absolute Gasteiger partial charge is 0.142 e. The van der Waals surface area contributed by atoms with E-state index in [9.17, 15) is 5.26 Å². The second-order valence-electron chi connectivity index (χ2n) is 4.95. The lowest BCUT2D eigenvalue weighted by Gasteiger charge is -2.25. The molecular formula is C17H16N2O. The van der Waals surface area contributed by atoms with E-state index in [2.05, 4.69) is 11.0 Å². The van der Waals surface area contributed by atoms with Crippen LogP contribution < -0.4 is 9.64 Å². The molecule has 0 bridgehead atoms. The molecule has 0 amide bonds. The standard InChI is InChI=1S/C17H16N2O/c1-13-7-8-15(14(11-13)12-18)19-9-4-10-20-17-6-3-2-5-16(17)19/h2-3,5-8,11H,4,9-10H2,1H3. The molecular weight excluding hydrogens is 248 g/mol. The average Bonchev–Trinajstić information content (AvgIpc) is 2.69. The molecule has 0 aromatic heterocycles. The van der Waals surface area contributed by atoms with Gasteiger partial charge in [-0.2, -0.15) is 5.26 Å². The fourth-order valence-electron chi connectivity index (χ4n) is 2.55. The summed E-state index contributed by atoms with van der Waals surface area (Å²) < 4.78 is 5.77. The fraction of sp³-hybridized carbons (Fsp3) is 0.235. The quantitative estimate of drug-likeness (QED) is 0.786. The van der Waals surface area contributed by atoms with Crippen LogP contribution in [0.3, 0.4) is 0 Å². The lowest BCUT2D eigenvalue weighted by molar-refractivity contribution is 0.322. The van der Waals surface area contributed by atoms with Crippen LogP contribution in [0.4, 0.5) is 11.4 Å². The number of hydrogen-bond acceptors (Lipinski definition) is 3. The molecule has 0 unspecified atom stereocenters. The van der Waals surface area contributed by atoms with Crippen LogP contribution in [-0.4, -0.2) is 13.2 Å². The van der Waals surface area contributed by atoms with E-state index in [4.69, 9.17) is 4.74 Å². The minimum absolute atomic E-state index is 0.710. The number of rotatable bonds is 1. The Balaban J connectivity index is 2.13. The van der Waals surface area contributed by atoms with Gasteiger partial charge in [0.2, 0.25) is 0 Å². The van der Waals surface area contributed by atoms with Gasteiger partial charge in [-0.15, -0.1) is 0 Å². The van der Waals surface area contributed by atoms with E-state index in [-0.39, 0.29) is 0 Å². The molecule has 0 N–H and O–H groups in total. The first kappa shape index (κ1) is 12.6. The third kappa shape index (κ3) is 2.21. The molecule has 1 heterocycles. The number of aryl methyl sites for hydroxylation is 1. The summed E-state index contributed by atoms with van der Waals surface area (Å²) in [6, 6.07) is 16.3. The Bertz CT molecular complexity index is 673. The van der Waals surface area contributed by atoms with Crippen LogP contribution in [0.15, 0.2) is 42.5 Å². The highest BCUT2D eigenvalue weighted by atomic mass is 16.5. The fourth-order valence-corrected chi connectivity index (χ4v) is 2.55. The topological polar surface area (TPSA) is 36.3 Å². The maximum atomic E-state index is 9.38. The van der Waals surface area contributed by atoms with Crippen molar-refractivity contribution in [2.75, 3.05) is 18.1 Å². The van der Waals surface area contributed by atoms with Gasteiger partial charge < -0.3 is 9.64 Å². The second kappa shape index (κ2) is 5.26. The van der Waals surface area contributed by atoms with E-state index in [1.54, 1.807) is 0 Å². The van der Waals surface area contributed by atoms with Gasteiger partial charge in [-0.05, 0) is 43.2 Å². The minimum Gasteiger partial charge on any atom is -0.491 e. The van der Waals surface area contributed by atoms with Gasteiger partial charge >= 0.3 is 0 Å². The molecule has 2 aromatic carbocycles. The Labute approximate surface area is 119 Å². The minimum atomic E-state index is 0.710. The number of benzene rings is 2. The lowest BCUT2D eigenvalue weighted by atomic mass is 10.1. The lowest BCUT2D eigenvalue weighted by Crippen LogP contribution is -2.18. The van der Waals surface area contributed by atoms with Crippen molar-refractivity contribution < 1.29 is 4.74 Å². The zero-order valence-electron chi connectivity index (χ0n) is 11.5. The molecule has 3 nitrogen and oxygen atoms in total.